The summed E-state index contributed by atoms with van der Waals surface area (Å²) in [4.78, 5) is 27.2. The summed E-state index contributed by atoms with van der Waals surface area (Å²) < 4.78 is 0. The SMILES string of the molecule is CCN(CC)C(=O)C(=O)N(CCO)Cc1ccccc1. The van der Waals surface area contributed by atoms with Crippen molar-refractivity contribution in [1.29, 1.82) is 0 Å². The first-order valence-electron chi connectivity index (χ1n) is 6.87. The molecule has 1 N–H and O–H groups in total. The molecule has 0 atom stereocenters. The van der Waals surface area contributed by atoms with Gasteiger partial charge in [0, 0.05) is 26.2 Å². The van der Waals surface area contributed by atoms with Crippen LogP contribution in [0.3, 0.4) is 0 Å². The molecule has 110 valence electrons. The Bertz CT molecular complexity index is 430. The van der Waals surface area contributed by atoms with Gasteiger partial charge in [-0.2, -0.15) is 0 Å². The lowest BCUT2D eigenvalue weighted by Crippen LogP contribution is -2.45. The number of likely N-dealkylation sites (N-methyl/N-ethyl adjacent to an activating group) is 1. The molecule has 0 aliphatic rings. The topological polar surface area (TPSA) is 60.9 Å². The lowest BCUT2D eigenvalue weighted by atomic mass is 10.2. The molecule has 2 amide bonds. The van der Waals surface area contributed by atoms with Gasteiger partial charge in [0.2, 0.25) is 0 Å². The zero-order chi connectivity index (χ0) is 15.0. The number of hydrogen-bond acceptors (Lipinski definition) is 3. The molecule has 0 radical (unpaired) electrons. The van der Waals surface area contributed by atoms with Gasteiger partial charge >= 0.3 is 11.8 Å². The van der Waals surface area contributed by atoms with Gasteiger partial charge in [-0.1, -0.05) is 30.3 Å². The van der Waals surface area contributed by atoms with Crippen molar-refractivity contribution in [3.8, 4) is 0 Å². The number of nitrogens with zero attached hydrogens (tertiary/aromatic N) is 2. The van der Waals surface area contributed by atoms with Gasteiger partial charge < -0.3 is 14.9 Å². The van der Waals surface area contributed by atoms with E-state index in [1.54, 1.807) is 0 Å². The molecule has 0 aromatic heterocycles. The highest BCUT2D eigenvalue weighted by molar-refractivity contribution is 6.34. The smallest absolute Gasteiger partial charge is 0.312 e. The highest BCUT2D eigenvalue weighted by atomic mass is 16.3. The predicted octanol–water partition coefficient (Wildman–Crippen LogP) is 0.876. The Morgan fingerprint density at radius 3 is 2.05 bits per heavy atom. The van der Waals surface area contributed by atoms with Crippen LogP contribution in [0.15, 0.2) is 30.3 Å². The van der Waals surface area contributed by atoms with E-state index in [0.717, 1.165) is 5.56 Å². The average molecular weight is 278 g/mol. The summed E-state index contributed by atoms with van der Waals surface area (Å²) in [6.45, 7) is 4.99. The maximum Gasteiger partial charge on any atom is 0.312 e. The largest absolute Gasteiger partial charge is 0.395 e. The van der Waals surface area contributed by atoms with Crippen LogP contribution >= 0.6 is 0 Å². The Balaban J connectivity index is 2.79. The highest BCUT2D eigenvalue weighted by Crippen LogP contribution is 2.06. The van der Waals surface area contributed by atoms with Gasteiger partial charge in [0.05, 0.1) is 6.61 Å². The van der Waals surface area contributed by atoms with Crippen molar-refractivity contribution < 1.29 is 14.7 Å². The Morgan fingerprint density at radius 1 is 1.00 bits per heavy atom. The normalized spacial score (nSPS) is 10.2. The second-order valence-electron chi connectivity index (χ2n) is 4.41. The van der Waals surface area contributed by atoms with E-state index < -0.39 is 11.8 Å². The van der Waals surface area contributed by atoms with Gasteiger partial charge in [0.15, 0.2) is 0 Å². The highest BCUT2D eigenvalue weighted by Gasteiger charge is 2.25. The van der Waals surface area contributed by atoms with E-state index >= 15 is 0 Å². The van der Waals surface area contributed by atoms with Crippen molar-refractivity contribution in [3.63, 3.8) is 0 Å². The Morgan fingerprint density at radius 2 is 1.55 bits per heavy atom. The van der Waals surface area contributed by atoms with Crippen LogP contribution in [0.25, 0.3) is 0 Å². The monoisotopic (exact) mass is 278 g/mol. The van der Waals surface area contributed by atoms with Crippen LogP contribution < -0.4 is 0 Å². The fraction of sp³-hybridized carbons (Fsp3) is 0.467. The van der Waals surface area contributed by atoms with Gasteiger partial charge in [-0.25, -0.2) is 0 Å². The molecule has 0 fully saturated rings. The summed E-state index contributed by atoms with van der Waals surface area (Å²) in [5.41, 5.74) is 0.932. The van der Waals surface area contributed by atoms with E-state index in [9.17, 15) is 9.59 Å². The van der Waals surface area contributed by atoms with Gasteiger partial charge in [-0.05, 0) is 19.4 Å². The van der Waals surface area contributed by atoms with Gasteiger partial charge in [0.25, 0.3) is 0 Å². The number of benzene rings is 1. The zero-order valence-electron chi connectivity index (χ0n) is 12.1. The van der Waals surface area contributed by atoms with Crippen molar-refractivity contribution >= 4 is 11.8 Å². The molecule has 0 heterocycles. The van der Waals surface area contributed by atoms with Crippen molar-refractivity contribution in [2.24, 2.45) is 0 Å². The van der Waals surface area contributed by atoms with Crippen molar-refractivity contribution in [1.82, 2.24) is 9.80 Å². The molecular weight excluding hydrogens is 256 g/mol. The molecule has 0 saturated carbocycles. The molecule has 1 aromatic carbocycles. The number of aliphatic hydroxyl groups excluding tert-OH is 1. The van der Waals surface area contributed by atoms with Crippen LogP contribution in [0.4, 0.5) is 0 Å². The van der Waals surface area contributed by atoms with Gasteiger partial charge in [0.1, 0.15) is 0 Å². The fourth-order valence-electron chi connectivity index (χ4n) is 1.96. The van der Waals surface area contributed by atoms with E-state index in [0.29, 0.717) is 19.6 Å². The van der Waals surface area contributed by atoms with Crippen molar-refractivity contribution in [3.05, 3.63) is 35.9 Å². The van der Waals surface area contributed by atoms with Crippen LogP contribution in [0, 0.1) is 0 Å². The van der Waals surface area contributed by atoms with Gasteiger partial charge in [-0.15, -0.1) is 0 Å². The third-order valence-corrected chi connectivity index (χ3v) is 3.11. The summed E-state index contributed by atoms with van der Waals surface area (Å²) in [5.74, 6) is -1.08. The fourth-order valence-corrected chi connectivity index (χ4v) is 1.96. The predicted molar refractivity (Wildman–Crippen MR) is 76.9 cm³/mol. The van der Waals surface area contributed by atoms with Crippen LogP contribution in [-0.2, 0) is 16.1 Å². The van der Waals surface area contributed by atoms with Crippen LogP contribution in [-0.4, -0.2) is 53.0 Å². The minimum absolute atomic E-state index is 0.154. The van der Waals surface area contributed by atoms with E-state index in [4.69, 9.17) is 5.11 Å². The van der Waals surface area contributed by atoms with Crippen LogP contribution in [0.1, 0.15) is 19.4 Å². The molecule has 5 heteroatoms. The number of aliphatic hydroxyl groups is 1. The molecule has 5 nitrogen and oxygen atoms in total. The number of carbonyl (C=O) groups excluding carboxylic acids is 2. The Labute approximate surface area is 119 Å². The molecule has 1 rings (SSSR count). The van der Waals surface area contributed by atoms with E-state index in [1.807, 2.05) is 44.2 Å². The third-order valence-electron chi connectivity index (χ3n) is 3.11. The Hall–Kier alpha value is -1.88. The minimum atomic E-state index is -0.563. The first-order valence-corrected chi connectivity index (χ1v) is 6.87. The van der Waals surface area contributed by atoms with Crippen LogP contribution in [0.5, 0.6) is 0 Å². The summed E-state index contributed by atoms with van der Waals surface area (Å²) >= 11 is 0. The number of hydrogen-bond donors (Lipinski definition) is 1. The summed E-state index contributed by atoms with van der Waals surface area (Å²) in [7, 11) is 0. The zero-order valence-corrected chi connectivity index (χ0v) is 12.1. The maximum atomic E-state index is 12.2. The number of rotatable bonds is 6. The van der Waals surface area contributed by atoms with Crippen molar-refractivity contribution in [2.75, 3.05) is 26.2 Å². The third kappa shape index (κ3) is 4.35. The minimum Gasteiger partial charge on any atom is -0.395 e. The summed E-state index contributed by atoms with van der Waals surface area (Å²) in [5, 5.41) is 9.08. The standard InChI is InChI=1S/C15H22N2O3/c1-3-16(4-2)14(19)15(20)17(10-11-18)12-13-8-6-5-7-9-13/h5-9,18H,3-4,10-12H2,1-2H3. The molecule has 1 aromatic rings. The molecule has 0 aliphatic heterocycles. The van der Waals surface area contributed by atoms with E-state index in [-0.39, 0.29) is 13.2 Å². The molecule has 20 heavy (non-hydrogen) atoms. The molecule has 0 spiro atoms. The maximum absolute atomic E-state index is 12.2. The molecule has 0 saturated heterocycles. The first kappa shape index (κ1) is 16.2. The molecular formula is C15H22N2O3. The Kier molecular flexibility index (Phi) is 6.73. The quantitative estimate of drug-likeness (QED) is 0.786. The lowest BCUT2D eigenvalue weighted by molar-refractivity contribution is -0.152. The molecule has 0 unspecified atom stereocenters. The molecule has 0 bridgehead atoms. The summed E-state index contributed by atoms with van der Waals surface area (Å²) in [6, 6.07) is 9.42. The van der Waals surface area contributed by atoms with Crippen molar-refractivity contribution in [2.45, 2.75) is 20.4 Å². The first-order chi connectivity index (χ1) is 9.63. The lowest BCUT2D eigenvalue weighted by Gasteiger charge is -2.25. The van der Waals surface area contributed by atoms with E-state index in [2.05, 4.69) is 0 Å². The second kappa shape index (κ2) is 8.32. The second-order valence-corrected chi connectivity index (χ2v) is 4.41. The average Bonchev–Trinajstić information content (AvgIpc) is 2.48. The van der Waals surface area contributed by atoms with E-state index in [1.165, 1.54) is 9.80 Å². The molecule has 0 aliphatic carbocycles. The summed E-state index contributed by atoms with van der Waals surface area (Å²) in [6.07, 6.45) is 0. The van der Waals surface area contributed by atoms with Crippen LogP contribution in [0.2, 0.25) is 0 Å². The van der Waals surface area contributed by atoms with Gasteiger partial charge in [-0.3, -0.25) is 9.59 Å². The number of carbonyl (C=O) groups is 2. The number of amides is 2.